The number of carboxylic acid groups (broad SMARTS) is 1. The minimum absolute atomic E-state index is 0.255. The summed E-state index contributed by atoms with van der Waals surface area (Å²) < 4.78 is 5.24. The Morgan fingerprint density at radius 3 is 2.47 bits per heavy atom. The molecule has 1 N–H and O–H groups in total. The number of nitrogens with zero attached hydrogens (tertiary/aromatic N) is 1. The maximum atomic E-state index is 10.8. The Morgan fingerprint density at radius 1 is 1.35 bits per heavy atom. The molecule has 0 bridgehead atoms. The molecule has 0 spiro atoms. The normalized spacial score (nSPS) is 10.6. The number of hydrogen-bond donors (Lipinski definition) is 1. The molecule has 0 atom stereocenters. The quantitative estimate of drug-likeness (QED) is 0.824. The van der Waals surface area contributed by atoms with E-state index in [9.17, 15) is 4.79 Å². The first-order valence-corrected chi connectivity index (χ1v) is 5.74. The second-order valence-corrected chi connectivity index (χ2v) is 3.79. The van der Waals surface area contributed by atoms with Crippen LogP contribution >= 0.6 is 0 Å². The summed E-state index contributed by atoms with van der Waals surface area (Å²) in [5.74, 6) is -0.297. The highest BCUT2D eigenvalue weighted by molar-refractivity contribution is 5.88. The van der Waals surface area contributed by atoms with Gasteiger partial charge in [0.15, 0.2) is 0 Å². The summed E-state index contributed by atoms with van der Waals surface area (Å²) >= 11 is 0. The molecule has 1 aromatic carbocycles. The molecule has 0 saturated heterocycles. The molecule has 0 aromatic heterocycles. The lowest BCUT2D eigenvalue weighted by molar-refractivity contribution is 0.0696. The topological polar surface area (TPSA) is 49.8 Å². The van der Waals surface area contributed by atoms with Gasteiger partial charge >= 0.3 is 5.97 Å². The average Bonchev–Trinajstić information content (AvgIpc) is 2.35. The third-order valence-electron chi connectivity index (χ3n) is 2.82. The average molecular weight is 237 g/mol. The van der Waals surface area contributed by atoms with Crippen molar-refractivity contribution in [2.24, 2.45) is 0 Å². The van der Waals surface area contributed by atoms with Crippen LogP contribution in [-0.4, -0.2) is 36.2 Å². The summed E-state index contributed by atoms with van der Waals surface area (Å²) in [6, 6.07) is 5.01. The summed E-state index contributed by atoms with van der Waals surface area (Å²) in [6.07, 6.45) is 0. The molecule has 0 aliphatic rings. The van der Waals surface area contributed by atoms with Crippen LogP contribution in [0, 0.1) is 0 Å². The van der Waals surface area contributed by atoms with E-state index >= 15 is 0 Å². The summed E-state index contributed by atoms with van der Waals surface area (Å²) in [5, 5.41) is 8.90. The second kappa shape index (κ2) is 6.25. The Kier molecular flexibility index (Phi) is 4.97. The van der Waals surface area contributed by atoms with Crippen LogP contribution in [0.1, 0.15) is 29.8 Å². The van der Waals surface area contributed by atoms with Crippen LogP contribution in [0.3, 0.4) is 0 Å². The van der Waals surface area contributed by atoms with Gasteiger partial charge in [0.05, 0.1) is 12.7 Å². The second-order valence-electron chi connectivity index (χ2n) is 3.79. The number of carbonyl (C=O) groups is 1. The highest BCUT2D eigenvalue weighted by Crippen LogP contribution is 2.21. The molecule has 0 amide bonds. The van der Waals surface area contributed by atoms with Gasteiger partial charge in [-0.3, -0.25) is 4.90 Å². The molecule has 0 unspecified atom stereocenters. The van der Waals surface area contributed by atoms with E-state index in [4.69, 9.17) is 9.84 Å². The zero-order valence-corrected chi connectivity index (χ0v) is 10.6. The summed E-state index contributed by atoms with van der Waals surface area (Å²) in [5.41, 5.74) is 1.27. The van der Waals surface area contributed by atoms with Crippen LogP contribution < -0.4 is 4.74 Å². The van der Waals surface area contributed by atoms with Crippen molar-refractivity contribution in [1.29, 1.82) is 0 Å². The summed E-state index contributed by atoms with van der Waals surface area (Å²) in [4.78, 5) is 13.1. The highest BCUT2D eigenvalue weighted by Gasteiger charge is 2.10. The third-order valence-corrected chi connectivity index (χ3v) is 2.82. The number of aromatic carboxylic acids is 1. The van der Waals surface area contributed by atoms with E-state index < -0.39 is 5.97 Å². The van der Waals surface area contributed by atoms with E-state index in [0.29, 0.717) is 5.75 Å². The highest BCUT2D eigenvalue weighted by atomic mass is 16.5. The van der Waals surface area contributed by atoms with Crippen molar-refractivity contribution >= 4 is 5.97 Å². The molecule has 0 heterocycles. The fourth-order valence-corrected chi connectivity index (χ4v) is 1.70. The largest absolute Gasteiger partial charge is 0.496 e. The van der Waals surface area contributed by atoms with Crippen molar-refractivity contribution in [2.75, 3.05) is 20.2 Å². The summed E-state index contributed by atoms with van der Waals surface area (Å²) in [7, 11) is 1.56. The maximum Gasteiger partial charge on any atom is 0.335 e. The van der Waals surface area contributed by atoms with Gasteiger partial charge < -0.3 is 9.84 Å². The molecule has 0 fully saturated rings. The van der Waals surface area contributed by atoms with Gasteiger partial charge in [-0.2, -0.15) is 0 Å². The zero-order valence-electron chi connectivity index (χ0n) is 10.6. The molecule has 1 rings (SSSR count). The zero-order chi connectivity index (χ0) is 12.8. The van der Waals surface area contributed by atoms with Gasteiger partial charge in [-0.25, -0.2) is 4.79 Å². The predicted molar refractivity (Wildman–Crippen MR) is 66.6 cm³/mol. The van der Waals surface area contributed by atoms with Gasteiger partial charge in [-0.15, -0.1) is 0 Å². The van der Waals surface area contributed by atoms with Gasteiger partial charge in [0.1, 0.15) is 5.75 Å². The molecule has 0 saturated carbocycles. The first kappa shape index (κ1) is 13.5. The fourth-order valence-electron chi connectivity index (χ4n) is 1.70. The van der Waals surface area contributed by atoms with Crippen molar-refractivity contribution in [3.63, 3.8) is 0 Å². The van der Waals surface area contributed by atoms with Crippen LogP contribution in [0.2, 0.25) is 0 Å². The van der Waals surface area contributed by atoms with Crippen molar-refractivity contribution in [2.45, 2.75) is 20.4 Å². The lowest BCUT2D eigenvalue weighted by atomic mass is 10.1. The monoisotopic (exact) mass is 237 g/mol. The number of methoxy groups -OCH3 is 1. The van der Waals surface area contributed by atoms with E-state index in [2.05, 4.69) is 18.7 Å². The van der Waals surface area contributed by atoms with Gasteiger partial charge in [0.25, 0.3) is 0 Å². The van der Waals surface area contributed by atoms with Crippen molar-refractivity contribution < 1.29 is 14.6 Å². The number of carboxylic acids is 1. The van der Waals surface area contributed by atoms with Crippen LogP contribution in [0.25, 0.3) is 0 Å². The van der Waals surface area contributed by atoms with E-state index in [1.165, 1.54) is 0 Å². The molecule has 0 aliphatic heterocycles. The molecule has 0 aliphatic carbocycles. The van der Waals surface area contributed by atoms with Crippen LogP contribution in [-0.2, 0) is 6.54 Å². The van der Waals surface area contributed by atoms with Gasteiger partial charge in [0, 0.05) is 12.1 Å². The van der Waals surface area contributed by atoms with E-state index in [0.717, 1.165) is 25.2 Å². The first-order chi connectivity index (χ1) is 8.12. The first-order valence-electron chi connectivity index (χ1n) is 5.74. The summed E-state index contributed by atoms with van der Waals surface area (Å²) in [6.45, 7) is 6.89. The standard InChI is InChI=1S/C13H19NO3/c1-4-14(5-2)9-11-7-6-10(13(15)16)8-12(11)17-3/h6-8H,4-5,9H2,1-3H3,(H,15,16). The molecule has 4 nitrogen and oxygen atoms in total. The minimum Gasteiger partial charge on any atom is -0.496 e. The number of ether oxygens (including phenoxy) is 1. The number of hydrogen-bond acceptors (Lipinski definition) is 3. The molecule has 0 radical (unpaired) electrons. The molecule has 4 heteroatoms. The van der Waals surface area contributed by atoms with Crippen LogP contribution in [0.4, 0.5) is 0 Å². The Hall–Kier alpha value is -1.55. The van der Waals surface area contributed by atoms with Crippen molar-refractivity contribution in [3.05, 3.63) is 29.3 Å². The van der Waals surface area contributed by atoms with Crippen molar-refractivity contribution in [3.8, 4) is 5.75 Å². The van der Waals surface area contributed by atoms with Gasteiger partial charge in [0.2, 0.25) is 0 Å². The smallest absolute Gasteiger partial charge is 0.335 e. The Morgan fingerprint density at radius 2 is 2.00 bits per heavy atom. The third kappa shape index (κ3) is 3.46. The Bertz CT molecular complexity index is 386. The van der Waals surface area contributed by atoms with Gasteiger partial charge in [-0.05, 0) is 25.2 Å². The molecular weight excluding hydrogens is 218 g/mol. The molecule has 1 aromatic rings. The van der Waals surface area contributed by atoms with E-state index in [1.54, 1.807) is 19.2 Å². The van der Waals surface area contributed by atoms with Crippen LogP contribution in [0.5, 0.6) is 5.75 Å². The van der Waals surface area contributed by atoms with E-state index in [-0.39, 0.29) is 5.56 Å². The van der Waals surface area contributed by atoms with E-state index in [1.807, 2.05) is 6.07 Å². The predicted octanol–water partition coefficient (Wildman–Crippen LogP) is 2.24. The number of benzene rings is 1. The lowest BCUT2D eigenvalue weighted by Crippen LogP contribution is -2.22. The Labute approximate surface area is 102 Å². The van der Waals surface area contributed by atoms with Crippen molar-refractivity contribution in [1.82, 2.24) is 4.90 Å². The fraction of sp³-hybridized carbons (Fsp3) is 0.462. The SMILES string of the molecule is CCN(CC)Cc1ccc(C(=O)O)cc1OC. The Balaban J connectivity index is 2.96. The minimum atomic E-state index is -0.933. The van der Waals surface area contributed by atoms with Crippen LogP contribution in [0.15, 0.2) is 18.2 Å². The van der Waals surface area contributed by atoms with Gasteiger partial charge in [-0.1, -0.05) is 19.9 Å². The maximum absolute atomic E-state index is 10.8. The molecule has 17 heavy (non-hydrogen) atoms. The molecular formula is C13H19NO3. The lowest BCUT2D eigenvalue weighted by Gasteiger charge is -2.19. The molecule has 94 valence electrons. The number of rotatable bonds is 6.